The van der Waals surface area contributed by atoms with Gasteiger partial charge in [0.25, 0.3) is 0 Å². The van der Waals surface area contributed by atoms with Gasteiger partial charge in [0.15, 0.2) is 0 Å². The average molecular weight is 123 g/mol. The van der Waals surface area contributed by atoms with Gasteiger partial charge in [-0.05, 0) is 27.2 Å². The Hall–Kier alpha value is 0.557. The Morgan fingerprint density at radius 3 is 1.89 bits per heavy atom. The fourth-order valence-corrected chi connectivity index (χ4v) is 0.333. The van der Waals surface area contributed by atoms with Crippen LogP contribution in [0.1, 0.15) is 34.1 Å². The molecule has 0 fully saturated rings. The van der Waals surface area contributed by atoms with Gasteiger partial charge in [0.05, 0.1) is 12.2 Å². The third kappa shape index (κ3) is 11.9. The van der Waals surface area contributed by atoms with Gasteiger partial charge in [0.1, 0.15) is 0 Å². The molecule has 0 aliphatic rings. The van der Waals surface area contributed by atoms with Crippen LogP contribution in [-0.4, -0.2) is 24.5 Å². The van der Waals surface area contributed by atoms with Crippen LogP contribution in [0.25, 0.3) is 0 Å². The number of hydrogen-bond donors (Lipinski definition) is 0. The molecular formula is C7H16LiO. The second-order valence-corrected chi connectivity index (χ2v) is 2.81. The summed E-state index contributed by atoms with van der Waals surface area (Å²) in [6.07, 6.45) is 0.983. The van der Waals surface area contributed by atoms with E-state index in [2.05, 4.69) is 6.92 Å². The van der Waals surface area contributed by atoms with E-state index in [1.807, 2.05) is 27.4 Å². The summed E-state index contributed by atoms with van der Waals surface area (Å²) in [6.45, 7) is 10.0. The van der Waals surface area contributed by atoms with E-state index < -0.39 is 0 Å². The van der Waals surface area contributed by atoms with Gasteiger partial charge in [-0.25, -0.2) is 0 Å². The van der Waals surface area contributed by atoms with E-state index in [0.29, 0.717) is 0 Å². The molecule has 51 valence electrons. The van der Waals surface area contributed by atoms with E-state index in [-0.39, 0.29) is 24.5 Å². The maximum absolute atomic E-state index is 5.25. The van der Waals surface area contributed by atoms with E-state index in [1.165, 1.54) is 0 Å². The first kappa shape index (κ1) is 12.3. The normalized spacial score (nSPS) is 10.7. The Labute approximate surface area is 70.3 Å². The summed E-state index contributed by atoms with van der Waals surface area (Å²) >= 11 is 0. The molecule has 0 aromatic rings. The zero-order chi connectivity index (χ0) is 6.62. The van der Waals surface area contributed by atoms with Crippen LogP contribution >= 0.6 is 0 Å². The van der Waals surface area contributed by atoms with Crippen molar-refractivity contribution in [3.63, 3.8) is 0 Å². The van der Waals surface area contributed by atoms with Crippen molar-refractivity contribution in [3.05, 3.63) is 6.61 Å². The van der Waals surface area contributed by atoms with Crippen molar-refractivity contribution in [3.8, 4) is 0 Å². The minimum atomic E-state index is -0.00396. The molecule has 0 aromatic heterocycles. The molecule has 1 nitrogen and oxygen atoms in total. The van der Waals surface area contributed by atoms with Crippen LogP contribution in [0.2, 0.25) is 0 Å². The molecular weight excluding hydrogens is 107 g/mol. The second kappa shape index (κ2) is 5.35. The summed E-state index contributed by atoms with van der Waals surface area (Å²) < 4.78 is 5.25. The number of ether oxygens (including phenoxy) is 1. The molecule has 1 radical (unpaired) electrons. The summed E-state index contributed by atoms with van der Waals surface area (Å²) in [7, 11) is 0. The van der Waals surface area contributed by atoms with Gasteiger partial charge in [0.2, 0.25) is 0 Å². The monoisotopic (exact) mass is 123 g/mol. The molecule has 0 aromatic carbocycles. The van der Waals surface area contributed by atoms with Gasteiger partial charge in [-0.1, -0.05) is 6.92 Å². The minimum absolute atomic E-state index is 0. The number of hydrogen-bond acceptors (Lipinski definition) is 1. The van der Waals surface area contributed by atoms with Crippen molar-refractivity contribution in [2.45, 2.75) is 39.7 Å². The van der Waals surface area contributed by atoms with E-state index in [9.17, 15) is 0 Å². The molecule has 0 heterocycles. The Morgan fingerprint density at radius 2 is 1.78 bits per heavy atom. The van der Waals surface area contributed by atoms with Crippen LogP contribution < -0.4 is 0 Å². The van der Waals surface area contributed by atoms with Crippen LogP contribution in [0.3, 0.4) is 0 Å². The molecule has 0 spiro atoms. The van der Waals surface area contributed by atoms with E-state index >= 15 is 0 Å². The van der Waals surface area contributed by atoms with E-state index in [0.717, 1.165) is 6.42 Å². The SMILES string of the molecule is CC[CH]OC(C)(C)C.[LiH]. The molecule has 0 bridgehead atoms. The topological polar surface area (TPSA) is 9.23 Å². The fraction of sp³-hybridized carbons (Fsp3) is 0.857. The van der Waals surface area contributed by atoms with Gasteiger partial charge in [0, 0.05) is 0 Å². The molecule has 2 heteroatoms. The standard InChI is InChI=1S/C7H15O.Li.H/c1-5-6-8-7(2,3)4;;/h6H,5H2,1-4H3;;. The van der Waals surface area contributed by atoms with Gasteiger partial charge >= 0.3 is 18.9 Å². The first-order chi connectivity index (χ1) is 3.56. The van der Waals surface area contributed by atoms with Crippen LogP contribution in [-0.2, 0) is 4.74 Å². The van der Waals surface area contributed by atoms with Gasteiger partial charge < -0.3 is 4.74 Å². The zero-order valence-electron chi connectivity index (χ0n) is 6.19. The zero-order valence-corrected chi connectivity index (χ0v) is 6.19. The van der Waals surface area contributed by atoms with Crippen molar-refractivity contribution in [2.75, 3.05) is 0 Å². The summed E-state index contributed by atoms with van der Waals surface area (Å²) in [6, 6.07) is 0. The van der Waals surface area contributed by atoms with Crippen molar-refractivity contribution < 1.29 is 4.74 Å². The average Bonchev–Trinajstić information content (AvgIpc) is 1.59. The molecule has 0 atom stereocenters. The predicted molar refractivity (Wildman–Crippen MR) is 42.6 cm³/mol. The molecule has 0 amide bonds. The molecule has 0 N–H and O–H groups in total. The fourth-order valence-electron chi connectivity index (χ4n) is 0.333. The first-order valence-electron chi connectivity index (χ1n) is 3.06. The Morgan fingerprint density at radius 1 is 1.33 bits per heavy atom. The molecule has 0 aliphatic carbocycles. The van der Waals surface area contributed by atoms with Crippen molar-refractivity contribution in [2.24, 2.45) is 0 Å². The third-order valence-corrected chi connectivity index (χ3v) is 0.604. The first-order valence-corrected chi connectivity index (χ1v) is 3.06. The predicted octanol–water partition coefficient (Wildman–Crippen LogP) is 1.72. The Kier molecular flexibility index (Phi) is 7.29. The van der Waals surface area contributed by atoms with Crippen LogP contribution in [0.15, 0.2) is 0 Å². The van der Waals surface area contributed by atoms with Crippen molar-refractivity contribution >= 4 is 18.9 Å². The van der Waals surface area contributed by atoms with Crippen molar-refractivity contribution in [1.29, 1.82) is 0 Å². The molecule has 0 saturated carbocycles. The molecule has 0 aliphatic heterocycles. The molecule has 0 rings (SSSR count). The van der Waals surface area contributed by atoms with Crippen LogP contribution in [0.4, 0.5) is 0 Å². The van der Waals surface area contributed by atoms with Gasteiger partial charge in [-0.15, -0.1) is 0 Å². The van der Waals surface area contributed by atoms with E-state index in [4.69, 9.17) is 4.74 Å². The maximum atomic E-state index is 5.25. The quantitative estimate of drug-likeness (QED) is 0.508. The van der Waals surface area contributed by atoms with Gasteiger partial charge in [-0.3, -0.25) is 0 Å². The molecule has 9 heavy (non-hydrogen) atoms. The summed E-state index contributed by atoms with van der Waals surface area (Å²) in [5.41, 5.74) is -0.00396. The molecule has 0 saturated heterocycles. The second-order valence-electron chi connectivity index (χ2n) is 2.81. The number of rotatable bonds is 2. The Bertz CT molecular complexity index is 56.4. The Balaban J connectivity index is 0. The molecule has 0 unspecified atom stereocenters. The third-order valence-electron chi connectivity index (χ3n) is 0.604. The van der Waals surface area contributed by atoms with Crippen LogP contribution in [0.5, 0.6) is 0 Å². The summed E-state index contributed by atoms with van der Waals surface area (Å²) in [5, 5.41) is 0. The summed E-state index contributed by atoms with van der Waals surface area (Å²) in [5.74, 6) is 0. The van der Waals surface area contributed by atoms with Crippen LogP contribution in [0, 0.1) is 6.61 Å². The van der Waals surface area contributed by atoms with Crippen molar-refractivity contribution in [1.82, 2.24) is 0 Å². The summed E-state index contributed by atoms with van der Waals surface area (Å²) in [4.78, 5) is 0. The van der Waals surface area contributed by atoms with Gasteiger partial charge in [-0.2, -0.15) is 0 Å². The van der Waals surface area contributed by atoms with E-state index in [1.54, 1.807) is 0 Å².